The van der Waals surface area contributed by atoms with Gasteiger partial charge in [0.05, 0.1) is 37.8 Å². The number of nitrogens with one attached hydrogen (secondary N) is 3. The number of ether oxygens (including phenoxy) is 2. The van der Waals surface area contributed by atoms with Crippen LogP contribution in [-0.2, 0) is 19.1 Å². The highest BCUT2D eigenvalue weighted by atomic mass is 16.5. The number of hydrogen-bond acceptors (Lipinski definition) is 9. The van der Waals surface area contributed by atoms with Crippen LogP contribution in [0.2, 0.25) is 0 Å². The third-order valence-corrected chi connectivity index (χ3v) is 11.4. The van der Waals surface area contributed by atoms with Crippen LogP contribution in [-0.4, -0.2) is 88.1 Å². The molecule has 292 valence electrons. The van der Waals surface area contributed by atoms with Crippen molar-refractivity contribution in [1.82, 2.24) is 35.4 Å². The summed E-state index contributed by atoms with van der Waals surface area (Å²) in [6.07, 6.45) is 9.71. The van der Waals surface area contributed by atoms with Crippen LogP contribution in [0.4, 0.5) is 9.59 Å². The average molecular weight is 746 g/mol. The molecule has 2 aromatic heterocycles. The van der Waals surface area contributed by atoms with Gasteiger partial charge < -0.3 is 39.3 Å². The van der Waals surface area contributed by atoms with Crippen molar-refractivity contribution < 1.29 is 33.1 Å². The average Bonchev–Trinajstić information content (AvgIpc) is 4.02. The predicted octanol–water partition coefficient (Wildman–Crippen LogP) is 6.59. The van der Waals surface area contributed by atoms with E-state index in [0.717, 1.165) is 74.1 Å². The van der Waals surface area contributed by atoms with E-state index in [-0.39, 0.29) is 35.7 Å². The van der Waals surface area contributed by atoms with Gasteiger partial charge in [-0.15, -0.1) is 0 Å². The van der Waals surface area contributed by atoms with Gasteiger partial charge in [-0.1, -0.05) is 52.0 Å². The maximum Gasteiger partial charge on any atom is 0.407 e. The Morgan fingerprint density at radius 2 is 1.31 bits per heavy atom. The van der Waals surface area contributed by atoms with Crippen molar-refractivity contribution in [3.05, 3.63) is 59.7 Å². The lowest BCUT2D eigenvalue weighted by atomic mass is 9.77. The summed E-state index contributed by atoms with van der Waals surface area (Å²) in [5.74, 6) is 1.60. The smallest absolute Gasteiger partial charge is 0.407 e. The van der Waals surface area contributed by atoms with E-state index in [1.54, 1.807) is 11.2 Å². The lowest BCUT2D eigenvalue weighted by molar-refractivity contribution is -0.136. The number of carbonyl (C=O) groups excluding carboxylic acids is 4. The van der Waals surface area contributed by atoms with E-state index in [4.69, 9.17) is 23.9 Å². The van der Waals surface area contributed by atoms with Crippen molar-refractivity contribution in [2.45, 2.75) is 115 Å². The van der Waals surface area contributed by atoms with Gasteiger partial charge in [-0.25, -0.2) is 19.6 Å². The summed E-state index contributed by atoms with van der Waals surface area (Å²) in [5.41, 5.74) is 4.19. The predicted molar refractivity (Wildman–Crippen MR) is 200 cm³/mol. The zero-order chi connectivity index (χ0) is 38.5. The Balaban J connectivity index is 1.04. The zero-order valence-corrected chi connectivity index (χ0v) is 32.3. The van der Waals surface area contributed by atoms with Crippen molar-refractivity contribution in [3.8, 4) is 11.3 Å². The Hall–Kier alpha value is -4.88. The molecule has 2 saturated heterocycles. The third-order valence-electron chi connectivity index (χ3n) is 11.4. The number of aromatic amines is 1. The third kappa shape index (κ3) is 8.42. The first-order chi connectivity index (χ1) is 26.0. The quantitative estimate of drug-likeness (QED) is 0.196. The first-order valence-corrected chi connectivity index (χ1v) is 19.4. The van der Waals surface area contributed by atoms with E-state index < -0.39 is 24.3 Å². The van der Waals surface area contributed by atoms with Gasteiger partial charge in [0.15, 0.2) is 0 Å². The van der Waals surface area contributed by atoms with Crippen LogP contribution in [0.25, 0.3) is 11.3 Å². The summed E-state index contributed by atoms with van der Waals surface area (Å²) in [6, 6.07) is 6.88. The number of rotatable bonds is 11. The molecule has 4 atom stereocenters. The fourth-order valence-electron chi connectivity index (χ4n) is 8.31. The summed E-state index contributed by atoms with van der Waals surface area (Å²) in [4.78, 5) is 67.6. The van der Waals surface area contributed by atoms with Crippen LogP contribution in [0.3, 0.4) is 0 Å². The summed E-state index contributed by atoms with van der Waals surface area (Å²) in [5, 5.41) is 5.40. The molecule has 6 rings (SSSR count). The van der Waals surface area contributed by atoms with Crippen LogP contribution >= 0.6 is 0 Å². The van der Waals surface area contributed by atoms with Crippen LogP contribution in [0, 0.1) is 11.8 Å². The van der Waals surface area contributed by atoms with Gasteiger partial charge in [-0.3, -0.25) is 9.59 Å². The number of aromatic nitrogens is 3. The first-order valence-electron chi connectivity index (χ1n) is 19.4. The second kappa shape index (κ2) is 17.1. The fraction of sp³-hybridized carbons (Fsp3) is 0.600. The molecule has 0 unspecified atom stereocenters. The monoisotopic (exact) mass is 745 g/mol. The van der Waals surface area contributed by atoms with E-state index >= 15 is 0 Å². The molecule has 3 aromatic rings. The van der Waals surface area contributed by atoms with Crippen LogP contribution in [0.1, 0.15) is 126 Å². The number of hydrogen-bond donors (Lipinski definition) is 3. The minimum atomic E-state index is -0.684. The van der Waals surface area contributed by atoms with E-state index in [9.17, 15) is 19.2 Å². The first kappa shape index (κ1) is 38.8. The van der Waals surface area contributed by atoms with Crippen LogP contribution in [0.15, 0.2) is 41.1 Å². The molecule has 0 bridgehead atoms. The molecule has 4 amide bonds. The molecule has 0 spiro atoms. The number of imidazole rings is 1. The van der Waals surface area contributed by atoms with Gasteiger partial charge >= 0.3 is 12.2 Å². The second-order valence-corrected chi connectivity index (χ2v) is 15.6. The molecular weight excluding hydrogens is 690 g/mol. The van der Waals surface area contributed by atoms with E-state index in [1.807, 2.05) is 38.8 Å². The molecule has 3 aliphatic rings. The highest BCUT2D eigenvalue weighted by Gasteiger charge is 2.40. The van der Waals surface area contributed by atoms with Gasteiger partial charge in [0.2, 0.25) is 17.7 Å². The summed E-state index contributed by atoms with van der Waals surface area (Å²) >= 11 is 0. The molecule has 14 nitrogen and oxygen atoms in total. The molecule has 3 fully saturated rings. The number of benzene rings is 1. The van der Waals surface area contributed by atoms with E-state index in [2.05, 4.69) is 39.9 Å². The second-order valence-electron chi connectivity index (χ2n) is 15.6. The number of H-pyrrole nitrogens is 1. The number of alkyl carbamates (subject to hydrolysis) is 2. The van der Waals surface area contributed by atoms with Crippen molar-refractivity contribution in [1.29, 1.82) is 0 Å². The SMILES string of the molecule is COC(=O)N[C@H](C(=O)N1CCC[C@H]1c1ncc(-c2ccc(C3CCC(c4coc([C@@H]5CCCN5C(=O)[C@@H](NC(=O)OC)C(C)C)n4)CC3)cc2)[nH]1)C(C)C. The highest BCUT2D eigenvalue weighted by Crippen LogP contribution is 2.42. The standard InChI is InChI=1S/C40H55N7O7/c1-23(2)33(44-39(50)52-5)37(48)46-19-7-9-31(46)35-41-21-29(42-35)27-15-11-25(12-16-27)26-13-17-28(18-14-26)30-22-54-36(43-30)32-10-8-20-47(32)38(49)34(24(3)4)45-40(51)53-6/h11-12,15-16,21-24,26,28,31-34H,7-10,13-14,17-20H2,1-6H3,(H,41,42)(H,44,50)(H,45,51)/t26?,28?,31-,32-,33-,34-/m0/s1. The molecule has 4 heterocycles. The van der Waals surface area contributed by atoms with Crippen LogP contribution < -0.4 is 10.6 Å². The Morgan fingerprint density at radius 1 is 0.778 bits per heavy atom. The van der Waals surface area contributed by atoms with E-state index in [1.165, 1.54) is 19.8 Å². The van der Waals surface area contributed by atoms with Gasteiger partial charge in [0.25, 0.3) is 0 Å². The maximum atomic E-state index is 13.5. The molecule has 2 aliphatic heterocycles. The number of carbonyl (C=O) groups is 4. The maximum absolute atomic E-state index is 13.5. The Morgan fingerprint density at radius 3 is 1.87 bits per heavy atom. The normalized spacial score (nSPS) is 22.7. The minimum absolute atomic E-state index is 0.0942. The number of amides is 4. The highest BCUT2D eigenvalue weighted by molar-refractivity contribution is 5.87. The molecular formula is C40H55N7O7. The summed E-state index contributed by atoms with van der Waals surface area (Å²) in [7, 11) is 2.59. The summed E-state index contributed by atoms with van der Waals surface area (Å²) in [6.45, 7) is 8.82. The fourth-order valence-corrected chi connectivity index (χ4v) is 8.31. The molecule has 1 saturated carbocycles. The van der Waals surface area contributed by atoms with Crippen molar-refractivity contribution in [2.75, 3.05) is 27.3 Å². The van der Waals surface area contributed by atoms with Gasteiger partial charge in [-0.2, -0.15) is 0 Å². The summed E-state index contributed by atoms with van der Waals surface area (Å²) < 4.78 is 15.5. The lowest BCUT2D eigenvalue weighted by Crippen LogP contribution is -2.51. The number of nitrogens with zero attached hydrogens (tertiary/aromatic N) is 4. The molecule has 0 radical (unpaired) electrons. The zero-order valence-electron chi connectivity index (χ0n) is 32.3. The van der Waals surface area contributed by atoms with Crippen molar-refractivity contribution >= 4 is 24.0 Å². The number of oxazole rings is 1. The van der Waals surface area contributed by atoms with Gasteiger partial charge in [-0.05, 0) is 80.2 Å². The van der Waals surface area contributed by atoms with Gasteiger partial charge in [0.1, 0.15) is 30.2 Å². The number of methoxy groups -OCH3 is 2. The number of likely N-dealkylation sites (tertiary alicyclic amines) is 2. The molecule has 3 N–H and O–H groups in total. The molecule has 1 aromatic carbocycles. The Bertz CT molecular complexity index is 1760. The largest absolute Gasteiger partial charge is 0.453 e. The molecule has 54 heavy (non-hydrogen) atoms. The Kier molecular flexibility index (Phi) is 12.3. The lowest BCUT2D eigenvalue weighted by Gasteiger charge is -2.30. The molecule has 1 aliphatic carbocycles. The Labute approximate surface area is 317 Å². The van der Waals surface area contributed by atoms with Crippen molar-refractivity contribution in [3.63, 3.8) is 0 Å². The molecule has 14 heteroatoms. The van der Waals surface area contributed by atoms with Crippen molar-refractivity contribution in [2.24, 2.45) is 11.8 Å². The van der Waals surface area contributed by atoms with Gasteiger partial charge in [0, 0.05) is 19.0 Å². The minimum Gasteiger partial charge on any atom is -0.453 e. The van der Waals surface area contributed by atoms with Crippen LogP contribution in [0.5, 0.6) is 0 Å². The topological polar surface area (TPSA) is 172 Å². The van der Waals surface area contributed by atoms with E-state index in [0.29, 0.717) is 30.8 Å².